The minimum Gasteiger partial charge on any atom is -0.330 e. The highest BCUT2D eigenvalue weighted by atomic mass is 19.4. The van der Waals surface area contributed by atoms with Crippen LogP contribution in [0.2, 0.25) is 0 Å². The topological polar surface area (TPSA) is 50.5 Å². The van der Waals surface area contributed by atoms with Gasteiger partial charge in [-0.3, -0.25) is 4.79 Å². The Hall–Kier alpha value is -2.97. The van der Waals surface area contributed by atoms with Crippen LogP contribution in [0.15, 0.2) is 36.5 Å². The Kier molecular flexibility index (Phi) is 4.81. The summed E-state index contributed by atoms with van der Waals surface area (Å²) in [5.41, 5.74) is 2.71. The summed E-state index contributed by atoms with van der Waals surface area (Å²) in [5.74, 6) is -1.48. The molecule has 1 unspecified atom stereocenters. The molecule has 2 aromatic heterocycles. The van der Waals surface area contributed by atoms with E-state index in [1.807, 2.05) is 13.8 Å². The Labute approximate surface area is 188 Å². The van der Waals surface area contributed by atoms with E-state index in [4.69, 9.17) is 0 Å². The fraction of sp³-hybridized carbons (Fsp3) is 0.458. The van der Waals surface area contributed by atoms with E-state index in [2.05, 4.69) is 10.1 Å². The number of alkyl halides is 3. The fourth-order valence-electron chi connectivity index (χ4n) is 5.15. The molecule has 0 radical (unpaired) electrons. The fourth-order valence-corrected chi connectivity index (χ4v) is 5.15. The van der Waals surface area contributed by atoms with Crippen molar-refractivity contribution in [2.45, 2.75) is 56.7 Å². The summed E-state index contributed by atoms with van der Waals surface area (Å²) >= 11 is 0. The molecule has 1 fully saturated rings. The van der Waals surface area contributed by atoms with Crippen molar-refractivity contribution in [3.8, 4) is 0 Å². The smallest absolute Gasteiger partial charge is 0.330 e. The standard InChI is InChI=1S/C24H24F4N4O/c1-23(2)11-16(17-12-29-19-10-18(25)30-32(19)21(17)23)13-4-6-14(7-5-13)20(24(26,27)28)31(3)22(33)15-8-9-15/h4-7,10,12,15-16,20H,8-9,11H2,1-3H3/t16?,20-/m0/s1. The Morgan fingerprint density at radius 1 is 1.21 bits per heavy atom. The van der Waals surface area contributed by atoms with Crippen molar-refractivity contribution in [2.24, 2.45) is 5.92 Å². The van der Waals surface area contributed by atoms with Crippen LogP contribution in [-0.4, -0.2) is 38.6 Å². The molecule has 0 N–H and O–H groups in total. The third-order valence-electron chi connectivity index (χ3n) is 6.84. The first-order chi connectivity index (χ1) is 15.5. The van der Waals surface area contributed by atoms with E-state index in [0.29, 0.717) is 24.9 Å². The Morgan fingerprint density at radius 3 is 2.48 bits per heavy atom. The van der Waals surface area contributed by atoms with Crippen molar-refractivity contribution in [3.63, 3.8) is 0 Å². The van der Waals surface area contributed by atoms with E-state index < -0.39 is 24.1 Å². The molecule has 2 atom stereocenters. The van der Waals surface area contributed by atoms with E-state index in [9.17, 15) is 22.4 Å². The summed E-state index contributed by atoms with van der Waals surface area (Å²) in [5, 5.41) is 3.95. The molecule has 9 heteroatoms. The van der Waals surface area contributed by atoms with Crippen LogP contribution in [0, 0.1) is 11.9 Å². The zero-order valence-electron chi connectivity index (χ0n) is 18.5. The number of hydrogen-bond donors (Lipinski definition) is 0. The van der Waals surface area contributed by atoms with Crippen LogP contribution >= 0.6 is 0 Å². The van der Waals surface area contributed by atoms with Gasteiger partial charge in [-0.15, -0.1) is 5.10 Å². The zero-order chi connectivity index (χ0) is 23.7. The first-order valence-corrected chi connectivity index (χ1v) is 11.0. The molecular weight excluding hydrogens is 436 g/mol. The van der Waals surface area contributed by atoms with Crippen molar-refractivity contribution < 1.29 is 22.4 Å². The highest BCUT2D eigenvalue weighted by Gasteiger charge is 2.48. The number of carbonyl (C=O) groups excluding carboxylic acids is 1. The number of aromatic nitrogens is 3. The maximum absolute atomic E-state index is 13.9. The Bertz CT molecular complexity index is 1230. The van der Waals surface area contributed by atoms with Gasteiger partial charge in [-0.05, 0) is 30.4 Å². The summed E-state index contributed by atoms with van der Waals surface area (Å²) in [6.07, 6.45) is -0.898. The molecule has 2 aliphatic rings. The molecule has 3 aromatic rings. The number of halogens is 4. The minimum atomic E-state index is -4.58. The largest absolute Gasteiger partial charge is 0.413 e. The average Bonchev–Trinajstić information content (AvgIpc) is 3.45. The van der Waals surface area contributed by atoms with Gasteiger partial charge in [-0.2, -0.15) is 17.6 Å². The number of rotatable bonds is 4. The molecule has 1 aromatic carbocycles. The molecule has 1 amide bonds. The second kappa shape index (κ2) is 7.27. The van der Waals surface area contributed by atoms with E-state index in [0.717, 1.165) is 21.7 Å². The van der Waals surface area contributed by atoms with Crippen LogP contribution < -0.4 is 0 Å². The summed E-state index contributed by atoms with van der Waals surface area (Å²) in [7, 11) is 1.22. The molecule has 0 aliphatic heterocycles. The van der Waals surface area contributed by atoms with Gasteiger partial charge in [-0.25, -0.2) is 9.50 Å². The van der Waals surface area contributed by atoms with E-state index in [1.54, 1.807) is 18.3 Å². The number of fused-ring (bicyclic) bond motifs is 3. The van der Waals surface area contributed by atoms with Crippen LogP contribution in [0.25, 0.3) is 5.65 Å². The molecule has 33 heavy (non-hydrogen) atoms. The van der Waals surface area contributed by atoms with Gasteiger partial charge in [0.2, 0.25) is 11.9 Å². The maximum atomic E-state index is 13.9. The molecule has 2 aliphatic carbocycles. The molecule has 0 saturated heterocycles. The summed E-state index contributed by atoms with van der Waals surface area (Å²) in [6.45, 7) is 4.08. The van der Waals surface area contributed by atoms with Gasteiger partial charge >= 0.3 is 6.18 Å². The molecule has 5 nitrogen and oxygen atoms in total. The Balaban J connectivity index is 1.50. The SMILES string of the molecule is CN(C(=O)C1CC1)[C@@H](c1ccc(C2CC(C)(C)c3c2cnc2cc(F)nn32)cc1)C(F)(F)F. The van der Waals surface area contributed by atoms with Crippen LogP contribution in [0.1, 0.15) is 67.5 Å². The van der Waals surface area contributed by atoms with Crippen molar-refractivity contribution in [2.75, 3.05) is 7.05 Å². The zero-order valence-corrected chi connectivity index (χ0v) is 18.5. The third kappa shape index (κ3) is 3.67. The monoisotopic (exact) mass is 460 g/mol. The Morgan fingerprint density at radius 2 is 1.88 bits per heavy atom. The quantitative estimate of drug-likeness (QED) is 0.506. The minimum absolute atomic E-state index is 0.0305. The predicted octanol–water partition coefficient (Wildman–Crippen LogP) is 5.15. The summed E-state index contributed by atoms with van der Waals surface area (Å²) < 4.78 is 57.0. The number of carbonyl (C=O) groups is 1. The molecule has 2 heterocycles. The van der Waals surface area contributed by atoms with Crippen molar-refractivity contribution >= 4 is 11.6 Å². The number of hydrogen-bond acceptors (Lipinski definition) is 3. The highest BCUT2D eigenvalue weighted by molar-refractivity contribution is 5.81. The predicted molar refractivity (Wildman–Crippen MR) is 113 cm³/mol. The molecule has 0 spiro atoms. The van der Waals surface area contributed by atoms with E-state index in [1.165, 1.54) is 29.8 Å². The second-order valence-electron chi connectivity index (χ2n) is 9.77. The maximum Gasteiger partial charge on any atom is 0.413 e. The van der Waals surface area contributed by atoms with Gasteiger partial charge in [0.05, 0.1) is 5.69 Å². The van der Waals surface area contributed by atoms with Gasteiger partial charge in [0.15, 0.2) is 11.7 Å². The number of amides is 1. The van der Waals surface area contributed by atoms with Crippen LogP contribution in [0.5, 0.6) is 0 Å². The number of nitrogens with zero attached hydrogens (tertiary/aromatic N) is 4. The second-order valence-corrected chi connectivity index (χ2v) is 9.77. The molecule has 5 rings (SSSR count). The molecular formula is C24H24F4N4O. The average molecular weight is 460 g/mol. The van der Waals surface area contributed by atoms with Crippen molar-refractivity contribution in [3.05, 3.63) is 64.9 Å². The lowest BCUT2D eigenvalue weighted by atomic mass is 9.86. The van der Waals surface area contributed by atoms with Gasteiger partial charge in [-0.1, -0.05) is 38.1 Å². The normalized spacial score (nSPS) is 20.6. The first kappa shape index (κ1) is 21.9. The van der Waals surface area contributed by atoms with Gasteiger partial charge in [0.25, 0.3) is 0 Å². The summed E-state index contributed by atoms with van der Waals surface area (Å²) in [6, 6.07) is 5.57. The number of benzene rings is 1. The molecule has 174 valence electrons. The van der Waals surface area contributed by atoms with Crippen LogP contribution in [0.4, 0.5) is 17.6 Å². The lowest BCUT2D eigenvalue weighted by Crippen LogP contribution is -2.40. The molecule has 0 bridgehead atoms. The summed E-state index contributed by atoms with van der Waals surface area (Å²) in [4.78, 5) is 17.5. The van der Waals surface area contributed by atoms with Crippen molar-refractivity contribution in [1.29, 1.82) is 0 Å². The first-order valence-electron chi connectivity index (χ1n) is 11.0. The van der Waals surface area contributed by atoms with Gasteiger partial charge < -0.3 is 4.90 Å². The van der Waals surface area contributed by atoms with E-state index >= 15 is 0 Å². The lowest BCUT2D eigenvalue weighted by Gasteiger charge is -2.30. The van der Waals surface area contributed by atoms with Gasteiger partial charge in [0.1, 0.15) is 0 Å². The van der Waals surface area contributed by atoms with Crippen molar-refractivity contribution in [1.82, 2.24) is 19.5 Å². The van der Waals surface area contributed by atoms with Gasteiger partial charge in [0, 0.05) is 42.1 Å². The van der Waals surface area contributed by atoms with Crippen LogP contribution in [0.3, 0.4) is 0 Å². The van der Waals surface area contributed by atoms with Crippen LogP contribution in [-0.2, 0) is 10.2 Å². The molecule has 1 saturated carbocycles. The van der Waals surface area contributed by atoms with E-state index in [-0.39, 0.29) is 22.8 Å². The highest BCUT2D eigenvalue weighted by Crippen LogP contribution is 2.49. The lowest BCUT2D eigenvalue weighted by molar-refractivity contribution is -0.189. The third-order valence-corrected chi connectivity index (χ3v) is 6.84.